The topological polar surface area (TPSA) is 71.8 Å². The summed E-state index contributed by atoms with van der Waals surface area (Å²) in [5.74, 6) is 1.13. The molecule has 5 nitrogen and oxygen atoms in total. The van der Waals surface area contributed by atoms with Gasteiger partial charge in [0.05, 0.1) is 5.56 Å². The molecule has 0 aliphatic carbocycles. The average Bonchev–Trinajstić information content (AvgIpc) is 2.68. The van der Waals surface area contributed by atoms with Gasteiger partial charge in [-0.05, 0) is 12.5 Å². The maximum atomic E-state index is 10.8. The highest BCUT2D eigenvalue weighted by molar-refractivity contribution is 5.50. The Kier molecular flexibility index (Phi) is 2.62. The molecule has 0 amide bonds. The molecule has 2 aromatic heterocycles. The van der Waals surface area contributed by atoms with Crippen molar-refractivity contribution in [3.05, 3.63) is 34.5 Å². The van der Waals surface area contributed by atoms with Crippen molar-refractivity contribution in [1.82, 2.24) is 15.1 Å². The van der Waals surface area contributed by atoms with E-state index in [1.54, 1.807) is 12.3 Å². The molecule has 0 bridgehead atoms. The average molecular weight is 205 g/mol. The van der Waals surface area contributed by atoms with Crippen LogP contribution in [0.25, 0.3) is 11.5 Å². The highest BCUT2D eigenvalue weighted by Crippen LogP contribution is 2.14. The molecule has 78 valence electrons. The summed E-state index contributed by atoms with van der Waals surface area (Å²) in [5, 5.41) is 3.83. The van der Waals surface area contributed by atoms with E-state index in [-0.39, 0.29) is 5.56 Å². The van der Waals surface area contributed by atoms with Crippen LogP contribution >= 0.6 is 0 Å². The zero-order valence-electron chi connectivity index (χ0n) is 8.36. The second-order valence-corrected chi connectivity index (χ2v) is 3.21. The third-order valence-electron chi connectivity index (χ3n) is 1.97. The molecular formula is C10H11N3O2. The molecule has 0 aromatic carbocycles. The van der Waals surface area contributed by atoms with Crippen molar-refractivity contribution in [2.75, 3.05) is 0 Å². The maximum Gasteiger partial charge on any atom is 0.259 e. The zero-order chi connectivity index (χ0) is 10.7. The van der Waals surface area contributed by atoms with Crippen LogP contribution in [0.2, 0.25) is 0 Å². The van der Waals surface area contributed by atoms with Gasteiger partial charge in [-0.25, -0.2) is 0 Å². The van der Waals surface area contributed by atoms with Gasteiger partial charge in [0, 0.05) is 18.7 Å². The largest absolute Gasteiger partial charge is 0.334 e. The molecule has 0 aliphatic rings. The normalized spacial score (nSPS) is 10.5. The minimum Gasteiger partial charge on any atom is -0.334 e. The summed E-state index contributed by atoms with van der Waals surface area (Å²) in [4.78, 5) is 17.6. The molecule has 0 spiro atoms. The lowest BCUT2D eigenvalue weighted by Crippen LogP contribution is -2.01. The zero-order valence-corrected chi connectivity index (χ0v) is 8.36. The first-order chi connectivity index (χ1) is 7.29. The van der Waals surface area contributed by atoms with Gasteiger partial charge in [-0.1, -0.05) is 12.1 Å². The Bertz CT molecular complexity index is 481. The summed E-state index contributed by atoms with van der Waals surface area (Å²) in [7, 11) is 0. The van der Waals surface area contributed by atoms with Crippen molar-refractivity contribution < 1.29 is 4.52 Å². The number of aromatic nitrogens is 3. The third kappa shape index (κ3) is 2.12. The van der Waals surface area contributed by atoms with Gasteiger partial charge in [-0.3, -0.25) is 4.79 Å². The van der Waals surface area contributed by atoms with E-state index < -0.39 is 0 Å². The standard InChI is InChI=1S/C10H11N3O2/c1-2-3-8-12-10(15-13-8)7-4-5-9(14)11-6-7/h4-6H,2-3H2,1H3,(H,11,14). The third-order valence-corrected chi connectivity index (χ3v) is 1.97. The lowest BCUT2D eigenvalue weighted by molar-refractivity contribution is 0.422. The summed E-state index contributed by atoms with van der Waals surface area (Å²) in [6, 6.07) is 3.08. The van der Waals surface area contributed by atoms with Crippen LogP contribution in [0, 0.1) is 0 Å². The molecule has 0 radical (unpaired) electrons. The van der Waals surface area contributed by atoms with E-state index in [9.17, 15) is 4.79 Å². The van der Waals surface area contributed by atoms with Gasteiger partial charge in [-0.15, -0.1) is 0 Å². The Balaban J connectivity index is 2.29. The maximum absolute atomic E-state index is 10.8. The minimum atomic E-state index is -0.146. The van der Waals surface area contributed by atoms with Crippen molar-refractivity contribution >= 4 is 0 Å². The predicted octanol–water partition coefficient (Wildman–Crippen LogP) is 1.38. The molecule has 0 atom stereocenters. The van der Waals surface area contributed by atoms with Crippen molar-refractivity contribution in [3.63, 3.8) is 0 Å². The molecule has 15 heavy (non-hydrogen) atoms. The molecule has 0 saturated carbocycles. The Morgan fingerprint density at radius 2 is 2.33 bits per heavy atom. The number of nitrogens with zero attached hydrogens (tertiary/aromatic N) is 2. The Hall–Kier alpha value is -1.91. The van der Waals surface area contributed by atoms with E-state index in [1.165, 1.54) is 6.07 Å². The molecule has 0 saturated heterocycles. The van der Waals surface area contributed by atoms with Crippen molar-refractivity contribution in [3.8, 4) is 11.5 Å². The van der Waals surface area contributed by atoms with E-state index in [2.05, 4.69) is 22.0 Å². The monoisotopic (exact) mass is 205 g/mol. The molecule has 5 heteroatoms. The Morgan fingerprint density at radius 3 is 3.00 bits per heavy atom. The van der Waals surface area contributed by atoms with Gasteiger partial charge in [0.2, 0.25) is 5.56 Å². The van der Waals surface area contributed by atoms with Gasteiger partial charge < -0.3 is 9.51 Å². The number of pyridine rings is 1. The first-order valence-corrected chi connectivity index (χ1v) is 4.81. The second kappa shape index (κ2) is 4.08. The lowest BCUT2D eigenvalue weighted by Gasteiger charge is -1.90. The lowest BCUT2D eigenvalue weighted by atomic mass is 10.3. The number of H-pyrrole nitrogens is 1. The van der Waals surface area contributed by atoms with E-state index in [1.807, 2.05) is 0 Å². The number of rotatable bonds is 3. The molecule has 2 heterocycles. The van der Waals surface area contributed by atoms with Crippen LogP contribution in [0.5, 0.6) is 0 Å². The van der Waals surface area contributed by atoms with Crippen LogP contribution in [-0.4, -0.2) is 15.1 Å². The molecule has 0 aliphatic heterocycles. The van der Waals surface area contributed by atoms with Crippen LogP contribution in [-0.2, 0) is 6.42 Å². The predicted molar refractivity (Wildman–Crippen MR) is 54.3 cm³/mol. The summed E-state index contributed by atoms with van der Waals surface area (Å²) in [5.41, 5.74) is 0.580. The first-order valence-electron chi connectivity index (χ1n) is 4.81. The van der Waals surface area contributed by atoms with Crippen LogP contribution in [0.4, 0.5) is 0 Å². The fourth-order valence-electron chi connectivity index (χ4n) is 1.24. The summed E-state index contributed by atoms with van der Waals surface area (Å²) in [6.07, 6.45) is 3.34. The SMILES string of the molecule is CCCc1noc(-c2ccc(=O)[nH]c2)n1. The van der Waals surface area contributed by atoms with Gasteiger partial charge in [0.15, 0.2) is 5.82 Å². The molecular weight excluding hydrogens is 194 g/mol. The van der Waals surface area contributed by atoms with Crippen molar-refractivity contribution in [2.45, 2.75) is 19.8 Å². The fourth-order valence-corrected chi connectivity index (χ4v) is 1.24. The smallest absolute Gasteiger partial charge is 0.259 e. The van der Waals surface area contributed by atoms with Crippen molar-refractivity contribution in [1.29, 1.82) is 0 Å². The second-order valence-electron chi connectivity index (χ2n) is 3.21. The van der Waals surface area contributed by atoms with Gasteiger partial charge in [0.1, 0.15) is 0 Å². The number of nitrogens with one attached hydrogen (secondary N) is 1. The van der Waals surface area contributed by atoms with Crippen LogP contribution < -0.4 is 5.56 Å². The van der Waals surface area contributed by atoms with E-state index in [4.69, 9.17) is 4.52 Å². The number of hydrogen-bond acceptors (Lipinski definition) is 4. The number of hydrogen-bond donors (Lipinski definition) is 1. The van der Waals surface area contributed by atoms with E-state index >= 15 is 0 Å². The summed E-state index contributed by atoms with van der Waals surface area (Å²) < 4.78 is 5.06. The molecule has 0 unspecified atom stereocenters. The Labute approximate surface area is 86.1 Å². The first kappa shape index (κ1) is 9.64. The summed E-state index contributed by atoms with van der Waals surface area (Å²) >= 11 is 0. The fraction of sp³-hybridized carbons (Fsp3) is 0.300. The van der Waals surface area contributed by atoms with Gasteiger partial charge in [0.25, 0.3) is 5.89 Å². The highest BCUT2D eigenvalue weighted by Gasteiger charge is 2.07. The Morgan fingerprint density at radius 1 is 1.47 bits per heavy atom. The summed E-state index contributed by atoms with van der Waals surface area (Å²) in [6.45, 7) is 2.05. The molecule has 0 fully saturated rings. The number of aromatic amines is 1. The van der Waals surface area contributed by atoms with Gasteiger partial charge >= 0.3 is 0 Å². The van der Waals surface area contributed by atoms with Gasteiger partial charge in [-0.2, -0.15) is 4.98 Å². The van der Waals surface area contributed by atoms with Crippen LogP contribution in [0.1, 0.15) is 19.2 Å². The highest BCUT2D eigenvalue weighted by atomic mass is 16.5. The molecule has 1 N–H and O–H groups in total. The molecule has 2 rings (SSSR count). The van der Waals surface area contributed by atoms with E-state index in [0.29, 0.717) is 11.7 Å². The quantitative estimate of drug-likeness (QED) is 0.821. The number of aryl methyl sites for hydroxylation is 1. The molecule has 2 aromatic rings. The van der Waals surface area contributed by atoms with Crippen LogP contribution in [0.15, 0.2) is 27.6 Å². The van der Waals surface area contributed by atoms with E-state index in [0.717, 1.165) is 18.4 Å². The van der Waals surface area contributed by atoms with Crippen molar-refractivity contribution in [2.24, 2.45) is 0 Å². The minimum absolute atomic E-state index is 0.146. The van der Waals surface area contributed by atoms with Crippen LogP contribution in [0.3, 0.4) is 0 Å².